The first-order chi connectivity index (χ1) is 41.2. The Balaban J connectivity index is 0.722. The van der Waals surface area contributed by atoms with Crippen molar-refractivity contribution in [2.75, 3.05) is 65.4 Å². The zero-order chi connectivity index (χ0) is 63.1. The molecule has 480 valence electrons. The summed E-state index contributed by atoms with van der Waals surface area (Å²) in [5.41, 5.74) is 1.55. The van der Waals surface area contributed by atoms with Gasteiger partial charge in [0.25, 0.3) is 0 Å². The largest absolute Gasteiger partial charge is 0.480 e. The molecule has 1 aromatic carbocycles. The van der Waals surface area contributed by atoms with Gasteiger partial charge in [0, 0.05) is 92.0 Å². The number of carboxylic acid groups (broad SMARTS) is 1. The number of aromatic nitrogens is 1. The monoisotopic (exact) mass is 1240 g/mol. The van der Waals surface area contributed by atoms with Crippen LogP contribution in [-0.2, 0) is 38.2 Å². The van der Waals surface area contributed by atoms with Gasteiger partial charge in [0.15, 0.2) is 11.6 Å². The highest BCUT2D eigenvalue weighted by atomic mass is 32.2. The molecule has 5 N–H and O–H groups in total. The first-order valence-electron chi connectivity index (χ1n) is 31.8. The number of fused-ring (bicyclic) bond motifs is 6. The van der Waals surface area contributed by atoms with Gasteiger partial charge in [-0.1, -0.05) is 34.6 Å². The Morgan fingerprint density at radius 3 is 2.28 bits per heavy atom. The minimum atomic E-state index is -1.08. The fraction of sp³-hybridized carbons (Fsp3) is 0.712. The molecule has 1 aromatic heterocycles. The van der Waals surface area contributed by atoms with Crippen molar-refractivity contribution in [1.29, 1.82) is 0 Å². The number of aliphatic imine (C=N–C) groups is 1. The minimum absolute atomic E-state index is 0.0409. The summed E-state index contributed by atoms with van der Waals surface area (Å²) in [6, 6.07) is 4.46. The average Bonchev–Trinajstić information content (AvgIpc) is 1.88. The molecule has 2 heterocycles. The van der Waals surface area contributed by atoms with E-state index < -0.39 is 23.5 Å². The number of aliphatic hydroxyl groups excluding tert-OH is 2. The van der Waals surface area contributed by atoms with Crippen LogP contribution in [0.15, 0.2) is 45.5 Å². The molecule has 19 nitrogen and oxygen atoms in total. The summed E-state index contributed by atoms with van der Waals surface area (Å²) < 4.78 is 18.3. The number of nitrogens with one attached hydrogen (secondary N) is 2. The number of carbonyl (C=O) groups excluding carboxylic acids is 6. The predicted octanol–water partition coefficient (Wildman–Crippen LogP) is 9.34. The summed E-state index contributed by atoms with van der Waals surface area (Å²) in [6.45, 7) is 18.9. The van der Waals surface area contributed by atoms with E-state index in [1.54, 1.807) is 71.6 Å². The Kier molecular flexibility index (Phi) is 22.8. The lowest BCUT2D eigenvalue weighted by Gasteiger charge is -2.62. The number of nitrogens with zero attached hydrogens (tertiary/aromatic N) is 4. The fourth-order valence-corrected chi connectivity index (χ4v) is 17.8. The number of hydrogen-bond acceptors (Lipinski definition) is 16. The number of aliphatic carboxylic acids is 1. The smallest absolute Gasteiger partial charge is 0.415 e. The third kappa shape index (κ3) is 15.9. The molecule has 4 saturated carbocycles. The molecule has 21 heteroatoms. The summed E-state index contributed by atoms with van der Waals surface area (Å²) >= 11 is 3.15. The molecule has 12 atom stereocenters. The van der Waals surface area contributed by atoms with Gasteiger partial charge in [-0.05, 0) is 163 Å². The third-order valence-electron chi connectivity index (χ3n) is 20.9. The average molecular weight is 1250 g/mol. The number of aliphatic hydroxyl groups is 2. The summed E-state index contributed by atoms with van der Waals surface area (Å²) in [4.78, 5) is 104. The van der Waals surface area contributed by atoms with E-state index in [-0.39, 0.29) is 142 Å². The van der Waals surface area contributed by atoms with Crippen molar-refractivity contribution >= 4 is 79.7 Å². The maximum absolute atomic E-state index is 13.9. The molecule has 0 radical (unpaired) electrons. The standard InChI is InChI=1S/C66H96N6O13S2/c1-38(46-16-17-47-56-48(21-24-66(46,47)9)65(8)23-20-44(73)33-43(65)34-51(56)74)14-19-54(76)69-50(62(80)81)13-11-12-25-67-53(75)22-29-83-31-32-84-30-28-72(63(82)85-45-15-18-49-52(35-45)87-61(70-49)60-68-39(2)37-86-60)27-26-71(10)55(77)36-64(6,7)57-42(5)58(78)40(3)41(4)59(57)79/h15,18,35,38-39,43-44,46-48,50-51,56,73-74H,11-14,16-17,19-34,36-37H2,1-10H3,(H,67,75)(H,69,76)(H,80,81)/t38-,39?,43+,44-,46-,47+,48+,50?,51-,56+,65+,66-/m1/s1. The first-order valence-corrected chi connectivity index (χ1v) is 33.6. The van der Waals surface area contributed by atoms with Crippen molar-refractivity contribution in [1.82, 2.24) is 25.4 Å². The molecular weight excluding hydrogens is 1150 g/mol. The molecule has 8 rings (SSSR count). The van der Waals surface area contributed by atoms with Crippen molar-refractivity contribution in [2.45, 2.75) is 183 Å². The van der Waals surface area contributed by atoms with Crippen molar-refractivity contribution in [3.8, 4) is 5.75 Å². The van der Waals surface area contributed by atoms with Crippen molar-refractivity contribution in [3.63, 3.8) is 0 Å². The van der Waals surface area contributed by atoms with E-state index in [2.05, 4.69) is 43.3 Å². The van der Waals surface area contributed by atoms with Crippen molar-refractivity contribution in [2.24, 2.45) is 56.7 Å². The normalized spacial score (nSPS) is 27.9. The lowest BCUT2D eigenvalue weighted by molar-refractivity contribution is -0.174. The van der Waals surface area contributed by atoms with Crippen LogP contribution in [0.3, 0.4) is 0 Å². The van der Waals surface area contributed by atoms with Gasteiger partial charge in [-0.25, -0.2) is 14.6 Å². The molecule has 0 spiro atoms. The number of ether oxygens (including phenoxy) is 3. The number of hydrogen-bond donors (Lipinski definition) is 5. The topological polar surface area (TPSA) is 264 Å². The lowest BCUT2D eigenvalue weighted by Crippen LogP contribution is -2.58. The Bertz CT molecular complexity index is 2980. The molecule has 4 fully saturated rings. The van der Waals surface area contributed by atoms with Crippen molar-refractivity contribution < 1.29 is 63.1 Å². The van der Waals surface area contributed by atoms with Crippen LogP contribution < -0.4 is 15.4 Å². The number of thiazole rings is 1. The first kappa shape index (κ1) is 67.9. The number of Topliss-reactive ketones (excluding diaryl/α,β-unsaturated/α-hetero) is 2. The number of carboxylic acids is 1. The van der Waals surface area contributed by atoms with Gasteiger partial charge in [0.1, 0.15) is 21.8 Å². The molecule has 5 aliphatic carbocycles. The quantitative estimate of drug-likeness (QED) is 0.0392. The zero-order valence-corrected chi connectivity index (χ0v) is 54.6. The molecule has 87 heavy (non-hydrogen) atoms. The molecule has 4 amide bonds. The van der Waals surface area contributed by atoms with Crippen LogP contribution in [0.25, 0.3) is 10.2 Å². The number of allylic oxidation sites excluding steroid dienone is 4. The summed E-state index contributed by atoms with van der Waals surface area (Å²) in [6.07, 6.45) is 8.84. The number of thioether (sulfide) groups is 1. The molecule has 0 bridgehead atoms. The van der Waals surface area contributed by atoms with Crippen LogP contribution in [0, 0.1) is 51.8 Å². The van der Waals surface area contributed by atoms with Crippen molar-refractivity contribution in [3.05, 3.63) is 45.5 Å². The van der Waals surface area contributed by atoms with Crippen LogP contribution in [0.1, 0.15) is 164 Å². The SMILES string of the molecule is CC1=C(C)C(=O)C(C(C)(C)CC(=O)N(C)CCN(CCOCCOCCC(=O)NCCCCC(NC(=O)CC[C@@H](C)[C@H]2CC[C@H]3[C@@H]4[C@H](O)C[C@@H]5C[C@H](O)CC[C@]5(C)[C@H]4CC[C@]23C)C(=O)O)C(=O)Oc2ccc3nc(C4=NC(C)CS4)sc3c2)=C(C)C1=O. The predicted molar refractivity (Wildman–Crippen MR) is 336 cm³/mol. The second-order valence-electron chi connectivity index (χ2n) is 27.1. The third-order valence-corrected chi connectivity index (χ3v) is 23.2. The van der Waals surface area contributed by atoms with E-state index in [1.807, 2.05) is 0 Å². The van der Waals surface area contributed by atoms with Crippen LogP contribution in [-0.4, -0.2) is 166 Å². The van der Waals surface area contributed by atoms with E-state index in [1.165, 1.54) is 21.1 Å². The lowest BCUT2D eigenvalue weighted by atomic mass is 9.43. The van der Waals surface area contributed by atoms with Crippen LogP contribution in [0.4, 0.5) is 4.79 Å². The number of rotatable bonds is 28. The second kappa shape index (κ2) is 29.3. The highest BCUT2D eigenvalue weighted by molar-refractivity contribution is 8.15. The maximum atomic E-state index is 13.9. The summed E-state index contributed by atoms with van der Waals surface area (Å²) in [7, 11) is 1.63. The molecule has 6 aliphatic rings. The number of carbonyl (C=O) groups is 7. The molecule has 0 saturated heterocycles. The fourth-order valence-electron chi connectivity index (χ4n) is 15.7. The highest BCUT2D eigenvalue weighted by Gasteiger charge is 2.63. The second-order valence-corrected chi connectivity index (χ2v) is 29.2. The number of benzene rings is 1. The van der Waals surface area contributed by atoms with E-state index >= 15 is 0 Å². The Hall–Kier alpha value is -5.06. The van der Waals surface area contributed by atoms with Crippen LogP contribution in [0.5, 0.6) is 5.75 Å². The van der Waals surface area contributed by atoms with E-state index in [9.17, 15) is 48.9 Å². The van der Waals surface area contributed by atoms with Gasteiger partial charge < -0.3 is 50.0 Å². The molecule has 2 aromatic rings. The van der Waals surface area contributed by atoms with E-state index in [4.69, 9.17) is 19.2 Å². The van der Waals surface area contributed by atoms with E-state index in [0.717, 1.165) is 77.4 Å². The molecule has 2 unspecified atom stereocenters. The number of ketones is 2. The summed E-state index contributed by atoms with van der Waals surface area (Å²) in [5.74, 6) is 1.23. The Morgan fingerprint density at radius 1 is 0.839 bits per heavy atom. The van der Waals surface area contributed by atoms with Crippen LogP contribution in [0.2, 0.25) is 0 Å². The zero-order valence-electron chi connectivity index (χ0n) is 53.0. The van der Waals surface area contributed by atoms with E-state index in [0.29, 0.717) is 77.5 Å². The van der Waals surface area contributed by atoms with Gasteiger partial charge in [-0.15, -0.1) is 23.1 Å². The van der Waals surface area contributed by atoms with Gasteiger partial charge in [-0.3, -0.25) is 29.0 Å². The number of unbranched alkanes of at least 4 members (excludes halogenated alkanes) is 1. The minimum Gasteiger partial charge on any atom is -0.480 e. The Morgan fingerprint density at radius 2 is 1.55 bits per heavy atom. The number of amides is 4. The highest BCUT2D eigenvalue weighted by Crippen LogP contribution is 2.68. The Labute approximate surface area is 522 Å². The van der Waals surface area contributed by atoms with Gasteiger partial charge >= 0.3 is 12.1 Å². The van der Waals surface area contributed by atoms with Gasteiger partial charge in [-0.2, -0.15) is 0 Å². The molecular formula is C66H96N6O13S2. The molecule has 1 aliphatic heterocycles. The maximum Gasteiger partial charge on any atom is 0.415 e. The van der Waals surface area contributed by atoms with Gasteiger partial charge in [0.2, 0.25) is 17.7 Å². The van der Waals surface area contributed by atoms with Crippen LogP contribution >= 0.6 is 23.1 Å². The summed E-state index contributed by atoms with van der Waals surface area (Å²) in [5, 5.41) is 39.4. The van der Waals surface area contributed by atoms with Gasteiger partial charge in [0.05, 0.1) is 54.9 Å². The number of likely N-dealkylation sites (N-methyl/N-ethyl adjacent to an activating group) is 1.